The van der Waals surface area contributed by atoms with Crippen molar-refractivity contribution in [3.8, 4) is 5.75 Å². The summed E-state index contributed by atoms with van der Waals surface area (Å²) in [5.74, 6) is -1.92. The van der Waals surface area contributed by atoms with E-state index in [1.165, 1.54) is 6.07 Å². The molecule has 0 spiro atoms. The van der Waals surface area contributed by atoms with Gasteiger partial charge in [0.15, 0.2) is 0 Å². The summed E-state index contributed by atoms with van der Waals surface area (Å²) in [7, 11) is -4.52. The predicted molar refractivity (Wildman–Crippen MR) is 136 cm³/mol. The third-order valence-electron chi connectivity index (χ3n) is 6.50. The number of carboxylic acids is 1. The molecule has 6 nitrogen and oxygen atoms in total. The number of anilines is 1. The number of hydrogen-bond acceptors (Lipinski definition) is 4. The maximum atomic E-state index is 13.5. The molecule has 196 valence electrons. The van der Waals surface area contributed by atoms with Gasteiger partial charge in [0.2, 0.25) is 0 Å². The lowest BCUT2D eigenvalue weighted by Gasteiger charge is -2.34. The van der Waals surface area contributed by atoms with Gasteiger partial charge in [0.25, 0.3) is 10.0 Å². The van der Waals surface area contributed by atoms with Crippen LogP contribution in [0.3, 0.4) is 0 Å². The molecule has 1 N–H and O–H groups in total. The zero-order valence-corrected chi connectivity index (χ0v) is 20.7. The van der Waals surface area contributed by atoms with Crippen LogP contribution in [0.4, 0.5) is 18.9 Å². The number of carbonyl (C=O) groups is 1. The molecule has 1 unspecified atom stereocenters. The number of halogens is 3. The number of alkyl halides is 3. The number of sulfonamides is 1. The monoisotopic (exact) mass is 541 g/mol. The Bertz CT molecular complexity index is 1640. The van der Waals surface area contributed by atoms with Crippen LogP contribution >= 0.6 is 0 Å². The molecule has 4 aromatic rings. The van der Waals surface area contributed by atoms with Crippen LogP contribution in [0.25, 0.3) is 10.8 Å². The van der Waals surface area contributed by atoms with Crippen LogP contribution in [0.5, 0.6) is 5.75 Å². The normalized spacial score (nSPS) is 15.8. The van der Waals surface area contributed by atoms with Crippen LogP contribution in [0.2, 0.25) is 0 Å². The minimum Gasteiger partial charge on any atom is -0.489 e. The SMILES string of the molecule is O=C(O)C1Cc2ccc(OCc3ccc4ccccc4c3)cc2N(S(=O)(=O)c2cccc(C(F)(F)F)c2)C1. The Morgan fingerprint density at radius 2 is 1.71 bits per heavy atom. The van der Waals surface area contributed by atoms with E-state index in [2.05, 4.69) is 0 Å². The quantitative estimate of drug-likeness (QED) is 0.329. The first-order valence-electron chi connectivity index (χ1n) is 11.7. The molecule has 0 saturated heterocycles. The number of aliphatic carboxylic acids is 1. The second kappa shape index (κ2) is 9.68. The Morgan fingerprint density at radius 3 is 2.45 bits per heavy atom. The molecule has 1 aliphatic heterocycles. The van der Waals surface area contributed by atoms with Gasteiger partial charge in [0.05, 0.1) is 22.1 Å². The summed E-state index contributed by atoms with van der Waals surface area (Å²) in [6.45, 7) is -0.225. The van der Waals surface area contributed by atoms with Gasteiger partial charge in [-0.2, -0.15) is 13.2 Å². The van der Waals surface area contributed by atoms with E-state index < -0.39 is 45.1 Å². The third kappa shape index (κ3) is 5.04. The molecular weight excluding hydrogens is 519 g/mol. The molecule has 0 aliphatic carbocycles. The van der Waals surface area contributed by atoms with E-state index in [4.69, 9.17) is 4.74 Å². The minimum atomic E-state index is -4.74. The van der Waals surface area contributed by atoms with Gasteiger partial charge in [-0.05, 0) is 58.7 Å². The van der Waals surface area contributed by atoms with E-state index >= 15 is 0 Å². The molecule has 38 heavy (non-hydrogen) atoms. The highest BCUT2D eigenvalue weighted by Gasteiger charge is 2.38. The smallest absolute Gasteiger partial charge is 0.416 e. The van der Waals surface area contributed by atoms with Crippen molar-refractivity contribution in [3.63, 3.8) is 0 Å². The molecule has 0 radical (unpaired) electrons. The number of rotatable bonds is 6. The number of nitrogens with zero attached hydrogens (tertiary/aromatic N) is 1. The Labute approximate surface area is 216 Å². The number of ether oxygens (including phenoxy) is 1. The lowest BCUT2D eigenvalue weighted by atomic mass is 9.94. The number of carboxylic acid groups (broad SMARTS) is 1. The standard InChI is InChI=1S/C28H22F3NO5S/c29-28(30,31)23-6-3-7-25(14-23)38(35,36)32-16-22(27(33)34)13-21-10-11-24(15-26(21)32)37-17-18-8-9-19-4-1-2-5-20(19)12-18/h1-12,14-15,22H,13,16-17H2,(H,33,34). The molecule has 1 atom stereocenters. The maximum Gasteiger partial charge on any atom is 0.416 e. The summed E-state index contributed by atoms with van der Waals surface area (Å²) in [4.78, 5) is 11.2. The second-order valence-corrected chi connectivity index (χ2v) is 10.9. The van der Waals surface area contributed by atoms with Gasteiger partial charge >= 0.3 is 12.1 Å². The average Bonchev–Trinajstić information content (AvgIpc) is 2.90. The topological polar surface area (TPSA) is 83.9 Å². The fraction of sp³-hybridized carbons (Fsp3) is 0.179. The Kier molecular flexibility index (Phi) is 6.52. The minimum absolute atomic E-state index is 0.0736. The van der Waals surface area contributed by atoms with E-state index in [0.29, 0.717) is 17.4 Å². The van der Waals surface area contributed by atoms with Crippen LogP contribution in [0, 0.1) is 5.92 Å². The van der Waals surface area contributed by atoms with Crippen molar-refractivity contribution < 1.29 is 36.2 Å². The average molecular weight is 542 g/mol. The van der Waals surface area contributed by atoms with Gasteiger partial charge in [-0.1, -0.05) is 48.5 Å². The highest BCUT2D eigenvalue weighted by atomic mass is 32.2. The van der Waals surface area contributed by atoms with E-state index in [1.807, 2.05) is 42.5 Å². The molecule has 0 aromatic heterocycles. The van der Waals surface area contributed by atoms with Crippen LogP contribution < -0.4 is 9.04 Å². The zero-order chi connectivity index (χ0) is 27.1. The summed E-state index contributed by atoms with van der Waals surface area (Å²) in [6, 6.07) is 21.8. The number of hydrogen-bond donors (Lipinski definition) is 1. The number of fused-ring (bicyclic) bond motifs is 2. The van der Waals surface area contributed by atoms with Gasteiger partial charge < -0.3 is 9.84 Å². The third-order valence-corrected chi connectivity index (χ3v) is 8.27. The molecule has 1 aliphatic rings. The van der Waals surface area contributed by atoms with Crippen molar-refractivity contribution in [2.75, 3.05) is 10.8 Å². The van der Waals surface area contributed by atoms with Crippen molar-refractivity contribution in [1.82, 2.24) is 0 Å². The summed E-state index contributed by atoms with van der Waals surface area (Å²) in [5, 5.41) is 11.7. The first kappa shape index (κ1) is 25.6. The van der Waals surface area contributed by atoms with E-state index in [0.717, 1.165) is 38.8 Å². The largest absolute Gasteiger partial charge is 0.489 e. The Hall–Kier alpha value is -4.05. The summed E-state index contributed by atoms with van der Waals surface area (Å²) in [5.41, 5.74) is 0.395. The first-order chi connectivity index (χ1) is 18.0. The Balaban J connectivity index is 1.48. The van der Waals surface area contributed by atoms with Crippen molar-refractivity contribution >= 4 is 32.5 Å². The van der Waals surface area contributed by atoms with Crippen molar-refractivity contribution in [2.24, 2.45) is 5.92 Å². The van der Waals surface area contributed by atoms with Crippen molar-refractivity contribution in [2.45, 2.75) is 24.1 Å². The van der Waals surface area contributed by atoms with Crippen molar-refractivity contribution in [1.29, 1.82) is 0 Å². The highest BCUT2D eigenvalue weighted by molar-refractivity contribution is 7.92. The molecular formula is C28H22F3NO5S. The predicted octanol–water partition coefficient (Wildman–Crippen LogP) is 5.89. The van der Waals surface area contributed by atoms with Crippen molar-refractivity contribution in [3.05, 3.63) is 102 Å². The van der Waals surface area contributed by atoms with Crippen LogP contribution in [-0.4, -0.2) is 26.0 Å². The summed E-state index contributed by atoms with van der Waals surface area (Å²) >= 11 is 0. The van der Waals surface area contributed by atoms with E-state index in [9.17, 15) is 31.5 Å². The molecule has 5 rings (SSSR count). The summed E-state index contributed by atoms with van der Waals surface area (Å²) < 4.78 is 73.7. The highest BCUT2D eigenvalue weighted by Crippen LogP contribution is 2.38. The summed E-state index contributed by atoms with van der Waals surface area (Å²) in [6.07, 6.45) is -4.66. The van der Waals surface area contributed by atoms with Gasteiger partial charge in [-0.25, -0.2) is 8.42 Å². The molecule has 0 bridgehead atoms. The molecule has 0 fully saturated rings. The lowest BCUT2D eigenvalue weighted by molar-refractivity contribution is -0.141. The second-order valence-electron chi connectivity index (χ2n) is 9.06. The molecule has 1 heterocycles. The van der Waals surface area contributed by atoms with E-state index in [-0.39, 0.29) is 18.7 Å². The maximum absolute atomic E-state index is 13.5. The van der Waals surface area contributed by atoms with Crippen LogP contribution in [0.15, 0.2) is 89.8 Å². The fourth-order valence-electron chi connectivity index (χ4n) is 4.52. The fourth-order valence-corrected chi connectivity index (χ4v) is 6.10. The van der Waals surface area contributed by atoms with Gasteiger partial charge in [0, 0.05) is 12.6 Å². The van der Waals surface area contributed by atoms with Gasteiger partial charge in [0.1, 0.15) is 12.4 Å². The number of benzene rings is 4. The van der Waals surface area contributed by atoms with Crippen LogP contribution in [0.1, 0.15) is 16.7 Å². The first-order valence-corrected chi connectivity index (χ1v) is 13.1. The van der Waals surface area contributed by atoms with E-state index in [1.54, 1.807) is 12.1 Å². The zero-order valence-electron chi connectivity index (χ0n) is 19.9. The van der Waals surface area contributed by atoms with Gasteiger partial charge in [-0.15, -0.1) is 0 Å². The molecule has 4 aromatic carbocycles. The van der Waals surface area contributed by atoms with Gasteiger partial charge in [-0.3, -0.25) is 9.10 Å². The lowest BCUT2D eigenvalue weighted by Crippen LogP contribution is -2.42. The van der Waals surface area contributed by atoms with Crippen LogP contribution in [-0.2, 0) is 34.0 Å². The Morgan fingerprint density at radius 1 is 0.947 bits per heavy atom. The molecule has 0 saturated carbocycles. The molecule has 10 heteroatoms. The molecule has 0 amide bonds.